The number of benzene rings is 2. The van der Waals surface area contributed by atoms with E-state index in [1.54, 1.807) is 26.4 Å². The molecule has 0 spiro atoms. The molecule has 0 aliphatic rings. The van der Waals surface area contributed by atoms with Gasteiger partial charge >= 0.3 is 0 Å². The van der Waals surface area contributed by atoms with Gasteiger partial charge < -0.3 is 13.9 Å². The number of carbonyl (C=O) groups excluding carboxylic acids is 1. The predicted molar refractivity (Wildman–Crippen MR) is 108 cm³/mol. The van der Waals surface area contributed by atoms with Crippen molar-refractivity contribution in [2.24, 2.45) is 0 Å². The highest BCUT2D eigenvalue weighted by Gasteiger charge is 2.22. The second kappa shape index (κ2) is 8.48. The van der Waals surface area contributed by atoms with Crippen LogP contribution in [0.1, 0.15) is 28.4 Å². The predicted octanol–water partition coefficient (Wildman–Crippen LogP) is 4.73. The molecule has 7 heteroatoms. The van der Waals surface area contributed by atoms with E-state index in [9.17, 15) is 4.79 Å². The quantitative estimate of drug-likeness (QED) is 0.420. The number of aryl methyl sites for hydroxylation is 2. The minimum Gasteiger partial charge on any atom is -0.493 e. The first-order valence-corrected chi connectivity index (χ1v) is 9.65. The van der Waals surface area contributed by atoms with Gasteiger partial charge in [0, 0.05) is 11.1 Å². The fourth-order valence-electron chi connectivity index (χ4n) is 2.77. The molecule has 146 valence electrons. The van der Waals surface area contributed by atoms with E-state index in [2.05, 4.69) is 10.2 Å². The van der Waals surface area contributed by atoms with Gasteiger partial charge in [0.1, 0.15) is 0 Å². The van der Waals surface area contributed by atoms with Gasteiger partial charge in [-0.25, -0.2) is 0 Å². The Morgan fingerprint density at radius 2 is 1.79 bits per heavy atom. The lowest BCUT2D eigenvalue weighted by Gasteiger charge is -2.10. The fraction of sp³-hybridized carbons (Fsp3) is 0.286. The van der Waals surface area contributed by atoms with Crippen LogP contribution in [0.4, 0.5) is 0 Å². The van der Waals surface area contributed by atoms with Crippen molar-refractivity contribution in [3.63, 3.8) is 0 Å². The second-order valence-electron chi connectivity index (χ2n) is 6.39. The van der Waals surface area contributed by atoms with Gasteiger partial charge in [-0.3, -0.25) is 4.79 Å². The highest BCUT2D eigenvalue weighted by molar-refractivity contribution is 8.00. The molecule has 0 amide bonds. The Balaban J connectivity index is 1.77. The Kier molecular flexibility index (Phi) is 6.04. The van der Waals surface area contributed by atoms with Crippen molar-refractivity contribution < 1.29 is 18.7 Å². The maximum atomic E-state index is 12.8. The van der Waals surface area contributed by atoms with Gasteiger partial charge in [-0.15, -0.1) is 10.2 Å². The summed E-state index contributed by atoms with van der Waals surface area (Å²) in [6, 6.07) is 11.2. The summed E-state index contributed by atoms with van der Waals surface area (Å²) in [5.74, 6) is 1.59. The molecule has 0 aliphatic heterocycles. The third kappa shape index (κ3) is 4.20. The van der Waals surface area contributed by atoms with Gasteiger partial charge in [0.2, 0.25) is 5.89 Å². The number of nitrogens with zero attached hydrogens (tertiary/aromatic N) is 2. The van der Waals surface area contributed by atoms with E-state index < -0.39 is 0 Å². The molecule has 0 N–H and O–H groups in total. The number of Topliss-reactive ketones (excluding diaryl/α,β-unsaturated/α-hetero) is 1. The molecule has 1 atom stereocenters. The average Bonchev–Trinajstić information content (AvgIpc) is 3.17. The number of hydrogen-bond donors (Lipinski definition) is 0. The van der Waals surface area contributed by atoms with Crippen molar-refractivity contribution in [1.29, 1.82) is 0 Å². The molecule has 0 aliphatic carbocycles. The van der Waals surface area contributed by atoms with E-state index in [1.807, 2.05) is 45.0 Å². The summed E-state index contributed by atoms with van der Waals surface area (Å²) in [4.78, 5) is 12.8. The Bertz CT molecular complexity index is 1000. The number of hydrogen-bond acceptors (Lipinski definition) is 7. The van der Waals surface area contributed by atoms with Crippen molar-refractivity contribution in [1.82, 2.24) is 10.2 Å². The number of ether oxygens (including phenoxy) is 2. The molecule has 3 rings (SSSR count). The average molecular weight is 398 g/mol. The number of ketones is 1. The molecule has 0 fully saturated rings. The van der Waals surface area contributed by atoms with Crippen LogP contribution < -0.4 is 9.47 Å². The van der Waals surface area contributed by atoms with Crippen molar-refractivity contribution >= 4 is 17.5 Å². The monoisotopic (exact) mass is 398 g/mol. The maximum absolute atomic E-state index is 12.8. The fourth-order valence-corrected chi connectivity index (χ4v) is 3.52. The van der Waals surface area contributed by atoms with Crippen LogP contribution in [0, 0.1) is 13.8 Å². The van der Waals surface area contributed by atoms with E-state index in [-0.39, 0.29) is 11.0 Å². The Morgan fingerprint density at radius 3 is 2.50 bits per heavy atom. The first kappa shape index (κ1) is 19.9. The van der Waals surface area contributed by atoms with Gasteiger partial charge in [-0.1, -0.05) is 29.5 Å². The standard InChI is InChI=1S/C21H22N2O4S/c1-12-6-7-13(2)16(10-12)19(24)14(3)28-21-23-22-20(27-21)15-8-9-17(25-4)18(11-15)26-5/h6-11,14H,1-5H3/t14-/m0/s1. The second-order valence-corrected chi connectivity index (χ2v) is 7.68. The van der Waals surface area contributed by atoms with Crippen LogP contribution in [-0.2, 0) is 0 Å². The topological polar surface area (TPSA) is 74.5 Å². The Labute approximate surface area is 168 Å². The molecule has 28 heavy (non-hydrogen) atoms. The van der Waals surface area contributed by atoms with Crippen molar-refractivity contribution in [2.75, 3.05) is 14.2 Å². The van der Waals surface area contributed by atoms with E-state index in [0.29, 0.717) is 28.2 Å². The molecule has 3 aromatic rings. The number of thioether (sulfide) groups is 1. The van der Waals surface area contributed by atoms with E-state index >= 15 is 0 Å². The summed E-state index contributed by atoms with van der Waals surface area (Å²) in [5.41, 5.74) is 3.45. The summed E-state index contributed by atoms with van der Waals surface area (Å²) in [6.45, 7) is 5.75. The molecule has 0 bridgehead atoms. The zero-order valence-corrected chi connectivity index (χ0v) is 17.3. The van der Waals surface area contributed by atoms with E-state index in [1.165, 1.54) is 11.8 Å². The van der Waals surface area contributed by atoms with Crippen LogP contribution in [0.15, 0.2) is 46.0 Å². The zero-order valence-electron chi connectivity index (χ0n) is 16.5. The lowest BCUT2D eigenvalue weighted by atomic mass is 10.0. The van der Waals surface area contributed by atoms with Gasteiger partial charge in [0.25, 0.3) is 5.22 Å². The van der Waals surface area contributed by atoms with E-state index in [4.69, 9.17) is 13.9 Å². The molecule has 0 saturated carbocycles. The van der Waals surface area contributed by atoms with E-state index in [0.717, 1.165) is 16.7 Å². The minimum atomic E-state index is -0.348. The molecule has 1 aromatic heterocycles. The molecule has 0 radical (unpaired) electrons. The Morgan fingerprint density at radius 1 is 1.04 bits per heavy atom. The third-order valence-electron chi connectivity index (χ3n) is 4.34. The molecular formula is C21H22N2O4S. The Hall–Kier alpha value is -2.80. The largest absolute Gasteiger partial charge is 0.493 e. The van der Waals surface area contributed by atoms with Crippen LogP contribution in [-0.4, -0.2) is 35.5 Å². The minimum absolute atomic E-state index is 0.0390. The number of aromatic nitrogens is 2. The highest BCUT2D eigenvalue weighted by Crippen LogP contribution is 2.33. The molecule has 1 heterocycles. The summed E-state index contributed by atoms with van der Waals surface area (Å²) in [5, 5.41) is 8.15. The first-order valence-electron chi connectivity index (χ1n) is 8.77. The van der Waals surface area contributed by atoms with Crippen molar-refractivity contribution in [3.8, 4) is 23.0 Å². The normalized spacial score (nSPS) is 11.9. The third-order valence-corrected chi connectivity index (χ3v) is 5.28. The summed E-state index contributed by atoms with van der Waals surface area (Å²) >= 11 is 1.25. The summed E-state index contributed by atoms with van der Waals surface area (Å²) < 4.78 is 16.3. The van der Waals surface area contributed by atoms with Gasteiger partial charge in [-0.2, -0.15) is 0 Å². The number of carbonyl (C=O) groups is 1. The van der Waals surface area contributed by atoms with Crippen molar-refractivity contribution in [3.05, 3.63) is 53.1 Å². The van der Waals surface area contributed by atoms with Gasteiger partial charge in [-0.05, 0) is 50.6 Å². The number of rotatable bonds is 7. The van der Waals surface area contributed by atoms with Crippen molar-refractivity contribution in [2.45, 2.75) is 31.2 Å². The molecule has 0 saturated heterocycles. The lowest BCUT2D eigenvalue weighted by molar-refractivity contribution is 0.0993. The van der Waals surface area contributed by atoms with Crippen LogP contribution in [0.25, 0.3) is 11.5 Å². The van der Waals surface area contributed by atoms with Gasteiger partial charge in [0.15, 0.2) is 17.3 Å². The van der Waals surface area contributed by atoms with Crippen LogP contribution >= 0.6 is 11.8 Å². The maximum Gasteiger partial charge on any atom is 0.277 e. The summed E-state index contributed by atoms with van der Waals surface area (Å²) in [7, 11) is 3.14. The lowest BCUT2D eigenvalue weighted by Crippen LogP contribution is -2.15. The van der Waals surface area contributed by atoms with Crippen LogP contribution in [0.3, 0.4) is 0 Å². The molecule has 0 unspecified atom stereocenters. The molecule has 2 aromatic carbocycles. The summed E-state index contributed by atoms with van der Waals surface area (Å²) in [6.07, 6.45) is 0. The molecular weight excluding hydrogens is 376 g/mol. The van der Waals surface area contributed by atoms with Crippen LogP contribution in [0.5, 0.6) is 11.5 Å². The SMILES string of the molecule is COc1ccc(-c2nnc(S[C@@H](C)C(=O)c3cc(C)ccc3C)o2)cc1OC. The number of methoxy groups -OCH3 is 2. The van der Waals surface area contributed by atoms with Gasteiger partial charge in [0.05, 0.1) is 19.5 Å². The first-order chi connectivity index (χ1) is 13.4. The van der Waals surface area contributed by atoms with Crippen LogP contribution in [0.2, 0.25) is 0 Å². The highest BCUT2D eigenvalue weighted by atomic mass is 32.2. The smallest absolute Gasteiger partial charge is 0.277 e. The molecule has 6 nitrogen and oxygen atoms in total. The zero-order chi connectivity index (χ0) is 20.3.